The summed E-state index contributed by atoms with van der Waals surface area (Å²) in [5.74, 6) is -0.581. The zero-order valence-electron chi connectivity index (χ0n) is 32.3. The molecule has 0 aromatic rings. The Hall–Kier alpha value is -0.690. The normalized spacial score (nSPS) is 14.2. The smallest absolute Gasteiger partial charge is 0.249 e. The van der Waals surface area contributed by atoms with E-state index in [-0.39, 0.29) is 0 Å². The summed E-state index contributed by atoms with van der Waals surface area (Å²) in [4.78, 5) is 12.5. The van der Waals surface area contributed by atoms with E-state index in [0.29, 0.717) is 12.8 Å². The Morgan fingerprint density at radius 2 is 0.708 bits per heavy atom. The molecular weight excluding hydrogens is 598 g/mol. The molecule has 0 aliphatic heterocycles. The highest BCUT2D eigenvalue weighted by molar-refractivity contribution is 5.80. The number of carbonyl (C=O) groups excluding carboxylic acids is 1. The van der Waals surface area contributed by atoms with Crippen LogP contribution < -0.4 is 5.32 Å². The van der Waals surface area contributed by atoms with Gasteiger partial charge in [0.15, 0.2) is 0 Å². The predicted octanol–water partition coefficient (Wildman–Crippen LogP) is 10.8. The Labute approximate surface area is 299 Å². The number of rotatable bonds is 39. The van der Waals surface area contributed by atoms with Crippen LogP contribution in [0.3, 0.4) is 0 Å². The van der Waals surface area contributed by atoms with Crippen LogP contribution in [-0.4, -0.2) is 57.3 Å². The van der Waals surface area contributed by atoms with Gasteiger partial charge in [0, 0.05) is 0 Å². The Bertz CT molecular complexity index is 648. The maximum Gasteiger partial charge on any atom is 0.249 e. The van der Waals surface area contributed by atoms with E-state index in [2.05, 4.69) is 19.2 Å². The SMILES string of the molecule is CCCCCCCCCCCCCCCCCCCCCCCC[C@@H](O)C(=O)N[C@@H](CO)[C@H](O)[C@H](O)CCCCCCCCCCCC. The van der Waals surface area contributed by atoms with Crippen molar-refractivity contribution < 1.29 is 25.2 Å². The van der Waals surface area contributed by atoms with Crippen LogP contribution in [0.1, 0.15) is 232 Å². The lowest BCUT2D eigenvalue weighted by Gasteiger charge is -2.27. The Morgan fingerprint density at radius 1 is 0.438 bits per heavy atom. The Morgan fingerprint density at radius 3 is 1.00 bits per heavy atom. The Kier molecular flexibility index (Phi) is 37.0. The predicted molar refractivity (Wildman–Crippen MR) is 205 cm³/mol. The largest absolute Gasteiger partial charge is 0.394 e. The lowest BCUT2D eigenvalue weighted by Crippen LogP contribution is -2.53. The number of amides is 1. The molecular formula is C42H85NO5. The number of carbonyl (C=O) groups is 1. The molecule has 0 saturated carbocycles. The van der Waals surface area contributed by atoms with Crippen molar-refractivity contribution in [2.45, 2.75) is 257 Å². The van der Waals surface area contributed by atoms with Crippen molar-refractivity contribution in [3.8, 4) is 0 Å². The molecule has 0 bridgehead atoms. The third-order valence-electron chi connectivity index (χ3n) is 10.3. The first-order valence-corrected chi connectivity index (χ1v) is 21.4. The summed E-state index contributed by atoms with van der Waals surface area (Å²) in [5.41, 5.74) is 0. The topological polar surface area (TPSA) is 110 Å². The lowest BCUT2D eigenvalue weighted by atomic mass is 9.99. The van der Waals surface area contributed by atoms with Gasteiger partial charge in [-0.2, -0.15) is 0 Å². The highest BCUT2D eigenvalue weighted by Crippen LogP contribution is 2.17. The summed E-state index contributed by atoms with van der Waals surface area (Å²) < 4.78 is 0. The van der Waals surface area contributed by atoms with Crippen molar-refractivity contribution in [3.63, 3.8) is 0 Å². The van der Waals surface area contributed by atoms with Gasteiger partial charge >= 0.3 is 0 Å². The van der Waals surface area contributed by atoms with Crippen molar-refractivity contribution >= 4 is 5.91 Å². The quantitative estimate of drug-likeness (QED) is 0.0414. The van der Waals surface area contributed by atoms with Crippen LogP contribution in [0.15, 0.2) is 0 Å². The standard InChI is InChI=1S/C42H85NO5/c1-3-5-7-9-11-13-15-16-17-18-19-20-21-22-23-24-25-26-28-30-32-34-36-40(46)42(48)43-38(37-44)41(47)39(45)35-33-31-29-27-14-12-10-8-6-4-2/h38-41,44-47H,3-37H2,1-2H3,(H,43,48)/t38-,39+,40+,41-/m0/s1. The molecule has 6 heteroatoms. The fraction of sp³-hybridized carbons (Fsp3) is 0.976. The van der Waals surface area contributed by atoms with Gasteiger partial charge < -0.3 is 25.7 Å². The van der Waals surface area contributed by atoms with Gasteiger partial charge in [0.25, 0.3) is 0 Å². The highest BCUT2D eigenvalue weighted by Gasteiger charge is 2.28. The van der Waals surface area contributed by atoms with E-state index in [9.17, 15) is 25.2 Å². The molecule has 0 aliphatic rings. The number of aliphatic hydroxyl groups excluding tert-OH is 4. The fourth-order valence-corrected chi connectivity index (χ4v) is 6.88. The molecule has 0 saturated heterocycles. The van der Waals surface area contributed by atoms with Gasteiger partial charge in [0.2, 0.25) is 5.91 Å². The highest BCUT2D eigenvalue weighted by atomic mass is 16.3. The molecule has 48 heavy (non-hydrogen) atoms. The first kappa shape index (κ1) is 47.3. The summed E-state index contributed by atoms with van der Waals surface area (Å²) in [5, 5.41) is 43.5. The van der Waals surface area contributed by atoms with Crippen LogP contribution >= 0.6 is 0 Å². The average Bonchev–Trinajstić information content (AvgIpc) is 3.09. The van der Waals surface area contributed by atoms with Crippen molar-refractivity contribution in [1.29, 1.82) is 0 Å². The molecule has 0 spiro atoms. The average molecular weight is 684 g/mol. The van der Waals surface area contributed by atoms with E-state index in [4.69, 9.17) is 0 Å². The maximum atomic E-state index is 12.5. The third kappa shape index (κ3) is 31.3. The molecule has 0 aliphatic carbocycles. The van der Waals surface area contributed by atoms with Crippen molar-refractivity contribution in [2.24, 2.45) is 0 Å². The summed E-state index contributed by atoms with van der Waals surface area (Å²) in [7, 11) is 0. The number of hydrogen-bond acceptors (Lipinski definition) is 5. The fourth-order valence-electron chi connectivity index (χ4n) is 6.88. The number of hydrogen-bond donors (Lipinski definition) is 5. The summed E-state index contributed by atoms with van der Waals surface area (Å²) >= 11 is 0. The van der Waals surface area contributed by atoms with Gasteiger partial charge in [-0.15, -0.1) is 0 Å². The second-order valence-electron chi connectivity index (χ2n) is 15.1. The van der Waals surface area contributed by atoms with E-state index in [1.54, 1.807) is 0 Å². The summed E-state index contributed by atoms with van der Waals surface area (Å²) in [6, 6.07) is -0.977. The number of nitrogens with one attached hydrogen (secondary N) is 1. The minimum absolute atomic E-state index is 0.375. The molecule has 0 aromatic carbocycles. The van der Waals surface area contributed by atoms with Crippen LogP contribution in [0.5, 0.6) is 0 Å². The van der Waals surface area contributed by atoms with E-state index in [1.165, 1.54) is 167 Å². The molecule has 1 amide bonds. The van der Waals surface area contributed by atoms with Gasteiger partial charge in [0.1, 0.15) is 12.2 Å². The number of unbranched alkanes of at least 4 members (excludes halogenated alkanes) is 30. The van der Waals surface area contributed by atoms with Crippen LogP contribution in [0.2, 0.25) is 0 Å². The molecule has 0 fully saturated rings. The first-order chi connectivity index (χ1) is 23.5. The van der Waals surface area contributed by atoms with Crippen LogP contribution in [-0.2, 0) is 4.79 Å². The molecule has 288 valence electrons. The minimum Gasteiger partial charge on any atom is -0.394 e. The van der Waals surface area contributed by atoms with Gasteiger partial charge in [-0.1, -0.05) is 219 Å². The zero-order valence-corrected chi connectivity index (χ0v) is 32.3. The van der Waals surface area contributed by atoms with Gasteiger partial charge in [0.05, 0.1) is 18.8 Å². The minimum atomic E-state index is -1.25. The van der Waals surface area contributed by atoms with E-state index < -0.39 is 36.9 Å². The monoisotopic (exact) mass is 684 g/mol. The third-order valence-corrected chi connectivity index (χ3v) is 10.3. The number of aliphatic hydroxyl groups is 4. The van der Waals surface area contributed by atoms with Crippen LogP contribution in [0.25, 0.3) is 0 Å². The molecule has 5 N–H and O–H groups in total. The van der Waals surface area contributed by atoms with Gasteiger partial charge in [-0.25, -0.2) is 0 Å². The van der Waals surface area contributed by atoms with E-state index >= 15 is 0 Å². The van der Waals surface area contributed by atoms with Crippen LogP contribution in [0.4, 0.5) is 0 Å². The molecule has 0 rings (SSSR count). The van der Waals surface area contributed by atoms with Crippen molar-refractivity contribution in [2.75, 3.05) is 6.61 Å². The molecule has 4 atom stereocenters. The molecule has 0 unspecified atom stereocenters. The molecule has 6 nitrogen and oxygen atoms in total. The van der Waals surface area contributed by atoms with E-state index in [0.717, 1.165) is 38.5 Å². The summed E-state index contributed by atoms with van der Waals surface area (Å²) in [6.45, 7) is 4.04. The van der Waals surface area contributed by atoms with E-state index in [1.807, 2.05) is 0 Å². The first-order valence-electron chi connectivity index (χ1n) is 21.4. The van der Waals surface area contributed by atoms with Crippen molar-refractivity contribution in [1.82, 2.24) is 5.32 Å². The lowest BCUT2D eigenvalue weighted by molar-refractivity contribution is -0.132. The summed E-state index contributed by atoms with van der Waals surface area (Å²) in [6.07, 6.45) is 38.6. The second kappa shape index (κ2) is 37.6. The molecule has 0 aromatic heterocycles. The molecule has 0 radical (unpaired) electrons. The second-order valence-corrected chi connectivity index (χ2v) is 15.1. The van der Waals surface area contributed by atoms with Gasteiger partial charge in [-0.3, -0.25) is 4.79 Å². The zero-order chi connectivity index (χ0) is 35.3. The van der Waals surface area contributed by atoms with Crippen LogP contribution in [0, 0.1) is 0 Å². The van der Waals surface area contributed by atoms with Gasteiger partial charge in [-0.05, 0) is 12.8 Å². The Balaban J connectivity index is 3.64. The molecule has 0 heterocycles. The maximum absolute atomic E-state index is 12.5. The van der Waals surface area contributed by atoms with Crippen molar-refractivity contribution in [3.05, 3.63) is 0 Å².